The van der Waals surface area contributed by atoms with E-state index < -0.39 is 11.7 Å². The summed E-state index contributed by atoms with van der Waals surface area (Å²) in [5.41, 5.74) is 7.03. The van der Waals surface area contributed by atoms with E-state index >= 15 is 0 Å². The maximum absolute atomic E-state index is 14.9. The van der Waals surface area contributed by atoms with Crippen molar-refractivity contribution in [2.24, 2.45) is 5.73 Å². The van der Waals surface area contributed by atoms with Crippen molar-refractivity contribution in [3.05, 3.63) is 33.7 Å². The maximum Gasteiger partial charge on any atom is 0.250 e. The topological polar surface area (TPSA) is 79.2 Å². The number of aryl methyl sites for hydroxylation is 1. The van der Waals surface area contributed by atoms with Gasteiger partial charge in [-0.3, -0.25) is 9.59 Å². The second-order valence-electron chi connectivity index (χ2n) is 6.30. The third-order valence-electron chi connectivity index (χ3n) is 4.72. The number of likely N-dealkylation sites (tertiary alicyclic amines) is 1. The number of carbonyl (C=O) groups is 2. The zero-order valence-electron chi connectivity index (χ0n) is 13.6. The smallest absolute Gasteiger partial charge is 0.250 e. The lowest BCUT2D eigenvalue weighted by Crippen LogP contribution is -2.38. The first-order chi connectivity index (χ1) is 11.3. The molecule has 3 N–H and O–H groups in total. The number of halogens is 2. The molecule has 1 aromatic carbocycles. The Kier molecular flexibility index (Phi) is 4.25. The van der Waals surface area contributed by atoms with Gasteiger partial charge in [0.25, 0.3) is 5.91 Å². The Bertz CT molecular complexity index is 846. The number of aromatic nitrogens is 1. The second-order valence-corrected chi connectivity index (χ2v) is 6.68. The molecule has 3 rings (SSSR count). The number of hydrogen-bond donors (Lipinski definition) is 2. The number of primary amides is 1. The van der Waals surface area contributed by atoms with Crippen molar-refractivity contribution in [2.45, 2.75) is 32.6 Å². The molecule has 1 fully saturated rings. The van der Waals surface area contributed by atoms with Crippen LogP contribution in [0.3, 0.4) is 0 Å². The zero-order valence-corrected chi connectivity index (χ0v) is 14.3. The van der Waals surface area contributed by atoms with Crippen LogP contribution < -0.4 is 5.73 Å². The molecule has 1 aliphatic heterocycles. The van der Waals surface area contributed by atoms with Crippen molar-refractivity contribution in [3.8, 4) is 0 Å². The van der Waals surface area contributed by atoms with Gasteiger partial charge in [-0.25, -0.2) is 4.39 Å². The predicted octanol–water partition coefficient (Wildman–Crippen LogP) is 3.09. The fourth-order valence-electron chi connectivity index (χ4n) is 3.55. The lowest BCUT2D eigenvalue weighted by atomic mass is 9.87. The molecule has 24 heavy (non-hydrogen) atoms. The normalized spacial score (nSPS) is 18.2. The molecule has 0 radical (unpaired) electrons. The monoisotopic (exact) mass is 351 g/mol. The van der Waals surface area contributed by atoms with Crippen LogP contribution in [0.25, 0.3) is 10.9 Å². The molecule has 2 heterocycles. The van der Waals surface area contributed by atoms with Crippen LogP contribution in [-0.2, 0) is 4.79 Å². The van der Waals surface area contributed by atoms with Gasteiger partial charge in [-0.15, -0.1) is 0 Å². The standard InChI is InChI=1S/C17H19ClFN3O2/c1-8-15(18)14-13(10-4-3-5-22(7-10)9(2)23)12(19)6-11(17(20)24)16(14)21-8/h6,10,21H,3-5,7H2,1-2H3,(H2,20,24)/t10-/m1/s1. The Morgan fingerprint density at radius 1 is 1.46 bits per heavy atom. The van der Waals surface area contributed by atoms with Crippen molar-refractivity contribution < 1.29 is 14.0 Å². The number of nitrogens with zero attached hydrogens (tertiary/aromatic N) is 1. The minimum Gasteiger partial charge on any atom is -0.366 e. The molecule has 1 saturated heterocycles. The molecule has 7 heteroatoms. The molecule has 128 valence electrons. The van der Waals surface area contributed by atoms with E-state index in [2.05, 4.69) is 4.98 Å². The molecular weight excluding hydrogens is 333 g/mol. The summed E-state index contributed by atoms with van der Waals surface area (Å²) in [5, 5.41) is 0.889. The highest BCUT2D eigenvalue weighted by Crippen LogP contribution is 2.40. The summed E-state index contributed by atoms with van der Waals surface area (Å²) in [6, 6.07) is 1.17. The van der Waals surface area contributed by atoms with Gasteiger partial charge in [0.1, 0.15) is 5.82 Å². The second kappa shape index (κ2) is 6.09. The van der Waals surface area contributed by atoms with E-state index in [0.29, 0.717) is 40.3 Å². The number of aromatic amines is 1. The highest BCUT2D eigenvalue weighted by atomic mass is 35.5. The van der Waals surface area contributed by atoms with Crippen molar-refractivity contribution in [1.82, 2.24) is 9.88 Å². The van der Waals surface area contributed by atoms with Gasteiger partial charge < -0.3 is 15.6 Å². The molecule has 5 nitrogen and oxygen atoms in total. The highest BCUT2D eigenvalue weighted by molar-refractivity contribution is 6.37. The van der Waals surface area contributed by atoms with Crippen LogP contribution in [0.15, 0.2) is 6.07 Å². The van der Waals surface area contributed by atoms with Gasteiger partial charge in [0.2, 0.25) is 5.91 Å². The van der Waals surface area contributed by atoms with Gasteiger partial charge in [0.05, 0.1) is 16.1 Å². The molecular formula is C17H19ClFN3O2. The number of carbonyl (C=O) groups excluding carboxylic acids is 2. The maximum atomic E-state index is 14.9. The van der Waals surface area contributed by atoms with Crippen LogP contribution in [0.5, 0.6) is 0 Å². The Morgan fingerprint density at radius 3 is 2.79 bits per heavy atom. The summed E-state index contributed by atoms with van der Waals surface area (Å²) in [5.74, 6) is -1.41. The van der Waals surface area contributed by atoms with Crippen molar-refractivity contribution in [1.29, 1.82) is 0 Å². The Morgan fingerprint density at radius 2 is 2.17 bits per heavy atom. The predicted molar refractivity (Wildman–Crippen MR) is 90.8 cm³/mol. The Balaban J connectivity index is 2.21. The Hall–Kier alpha value is -2.08. The summed E-state index contributed by atoms with van der Waals surface area (Å²) in [7, 11) is 0. The summed E-state index contributed by atoms with van der Waals surface area (Å²) in [6.07, 6.45) is 1.55. The molecule has 0 bridgehead atoms. The summed E-state index contributed by atoms with van der Waals surface area (Å²) < 4.78 is 14.9. The number of amides is 2. The average Bonchev–Trinajstić information content (AvgIpc) is 2.82. The van der Waals surface area contributed by atoms with Crippen LogP contribution in [-0.4, -0.2) is 34.8 Å². The zero-order chi connectivity index (χ0) is 17.6. The van der Waals surface area contributed by atoms with E-state index in [-0.39, 0.29) is 17.4 Å². The van der Waals surface area contributed by atoms with Gasteiger partial charge in [0.15, 0.2) is 0 Å². The van der Waals surface area contributed by atoms with Gasteiger partial charge >= 0.3 is 0 Å². The van der Waals surface area contributed by atoms with E-state index in [1.807, 2.05) is 0 Å². The van der Waals surface area contributed by atoms with Gasteiger partial charge in [-0.05, 0) is 25.8 Å². The largest absolute Gasteiger partial charge is 0.366 e. The number of hydrogen-bond acceptors (Lipinski definition) is 2. The number of benzene rings is 1. The number of nitrogens with one attached hydrogen (secondary N) is 1. The Labute approximate surface area is 143 Å². The minimum atomic E-state index is -0.711. The van der Waals surface area contributed by atoms with E-state index in [0.717, 1.165) is 12.8 Å². The number of piperidine rings is 1. The minimum absolute atomic E-state index is 0.0264. The SMILES string of the molecule is CC(=O)N1CCC[C@@H](c2c(F)cc(C(N)=O)c3[nH]c(C)c(Cl)c23)C1. The molecule has 2 aromatic rings. The quantitative estimate of drug-likeness (QED) is 0.872. The van der Waals surface area contributed by atoms with E-state index in [1.165, 1.54) is 13.0 Å². The highest BCUT2D eigenvalue weighted by Gasteiger charge is 2.30. The van der Waals surface area contributed by atoms with Gasteiger partial charge in [0, 0.05) is 42.6 Å². The number of rotatable bonds is 2. The molecule has 0 saturated carbocycles. The van der Waals surface area contributed by atoms with Crippen LogP contribution in [0.2, 0.25) is 5.02 Å². The van der Waals surface area contributed by atoms with Crippen LogP contribution in [0.4, 0.5) is 4.39 Å². The molecule has 1 aliphatic rings. The van der Waals surface area contributed by atoms with Crippen molar-refractivity contribution in [2.75, 3.05) is 13.1 Å². The van der Waals surface area contributed by atoms with E-state index in [1.54, 1.807) is 11.8 Å². The summed E-state index contributed by atoms with van der Waals surface area (Å²) in [6.45, 7) is 4.39. The molecule has 0 spiro atoms. The van der Waals surface area contributed by atoms with Crippen molar-refractivity contribution in [3.63, 3.8) is 0 Å². The molecule has 0 aliphatic carbocycles. The van der Waals surface area contributed by atoms with Crippen LogP contribution in [0, 0.1) is 12.7 Å². The first-order valence-electron chi connectivity index (χ1n) is 7.86. The summed E-state index contributed by atoms with van der Waals surface area (Å²) >= 11 is 6.38. The van der Waals surface area contributed by atoms with Gasteiger partial charge in [-0.1, -0.05) is 11.6 Å². The average molecular weight is 352 g/mol. The third-order valence-corrected chi connectivity index (χ3v) is 5.19. The fourth-order valence-corrected chi connectivity index (χ4v) is 3.79. The van der Waals surface area contributed by atoms with Crippen LogP contribution in [0.1, 0.15) is 47.3 Å². The molecule has 0 unspecified atom stereocenters. The van der Waals surface area contributed by atoms with Crippen LogP contribution >= 0.6 is 11.6 Å². The van der Waals surface area contributed by atoms with Crippen molar-refractivity contribution >= 4 is 34.3 Å². The molecule has 1 atom stereocenters. The molecule has 1 aromatic heterocycles. The third kappa shape index (κ3) is 2.65. The lowest BCUT2D eigenvalue weighted by molar-refractivity contribution is -0.130. The number of nitrogens with two attached hydrogens (primary N) is 1. The number of H-pyrrole nitrogens is 1. The lowest BCUT2D eigenvalue weighted by Gasteiger charge is -2.33. The first kappa shape index (κ1) is 16.8. The van der Waals surface area contributed by atoms with E-state index in [4.69, 9.17) is 17.3 Å². The van der Waals surface area contributed by atoms with Gasteiger partial charge in [-0.2, -0.15) is 0 Å². The first-order valence-corrected chi connectivity index (χ1v) is 8.24. The number of fused-ring (bicyclic) bond motifs is 1. The van der Waals surface area contributed by atoms with E-state index in [9.17, 15) is 14.0 Å². The summed E-state index contributed by atoms with van der Waals surface area (Å²) in [4.78, 5) is 28.1. The molecule has 2 amide bonds. The fraction of sp³-hybridized carbons (Fsp3) is 0.412.